The van der Waals surface area contributed by atoms with Gasteiger partial charge in [0.05, 0.1) is 0 Å². The van der Waals surface area contributed by atoms with Gasteiger partial charge in [-0.25, -0.2) is 0 Å². The van der Waals surface area contributed by atoms with Crippen LogP contribution in [0.2, 0.25) is 0 Å². The average molecular weight is 239 g/mol. The molecular weight excluding hydrogens is 218 g/mol. The third-order valence-corrected chi connectivity index (χ3v) is 2.54. The highest BCUT2D eigenvalue weighted by Crippen LogP contribution is 2.01. The van der Waals surface area contributed by atoms with Crippen LogP contribution in [0.4, 0.5) is 0 Å². The van der Waals surface area contributed by atoms with Gasteiger partial charge in [-0.1, -0.05) is 12.2 Å². The van der Waals surface area contributed by atoms with Crippen molar-refractivity contribution in [1.29, 1.82) is 0 Å². The Morgan fingerprint density at radius 3 is 1.71 bits per heavy atom. The van der Waals surface area contributed by atoms with Gasteiger partial charge in [0.2, 0.25) is 0 Å². The Labute approximate surface area is 103 Å². The highest BCUT2D eigenvalue weighted by atomic mass is 16.5. The lowest BCUT2D eigenvalue weighted by molar-refractivity contribution is -0.110. The summed E-state index contributed by atoms with van der Waals surface area (Å²) in [4.78, 5) is 10.1. The molecule has 0 atom stereocenters. The van der Waals surface area contributed by atoms with Crippen molar-refractivity contribution in [2.75, 3.05) is 26.3 Å². The standard InChI is InChI=1S/C5H4O.C4H9NO.C4H8O/c2*6-5-3-1-2-4-5;1-2-4-5-3-1/h1-4H;6H,1-4H2;1-4H2. The molecule has 2 fully saturated rings. The van der Waals surface area contributed by atoms with Gasteiger partial charge in [-0.15, -0.1) is 0 Å². The predicted molar refractivity (Wildman–Crippen MR) is 65.9 cm³/mol. The fourth-order valence-electron chi connectivity index (χ4n) is 1.57. The molecule has 0 saturated carbocycles. The molecule has 17 heavy (non-hydrogen) atoms. The number of nitrogens with zero attached hydrogens (tertiary/aromatic N) is 1. The zero-order chi connectivity index (χ0) is 12.3. The number of rotatable bonds is 0. The molecule has 0 radical (unpaired) electrons. The zero-order valence-electron chi connectivity index (χ0n) is 10.2. The number of ether oxygens (including phenoxy) is 1. The van der Waals surface area contributed by atoms with E-state index in [1.165, 1.54) is 30.1 Å². The summed E-state index contributed by atoms with van der Waals surface area (Å²) in [6.07, 6.45) is 11.4. The molecular formula is C13H21NO3. The Kier molecular flexibility index (Phi) is 7.54. The SMILES string of the molecule is C1CCOC1.O=C1C=CC=C1.ON1CCCC1. The van der Waals surface area contributed by atoms with E-state index >= 15 is 0 Å². The van der Waals surface area contributed by atoms with E-state index in [2.05, 4.69) is 0 Å². The number of hydrogen-bond donors (Lipinski definition) is 1. The van der Waals surface area contributed by atoms with Gasteiger partial charge in [-0.05, 0) is 37.8 Å². The van der Waals surface area contributed by atoms with Crippen LogP contribution in [-0.4, -0.2) is 42.4 Å². The van der Waals surface area contributed by atoms with Crippen molar-refractivity contribution in [2.45, 2.75) is 25.7 Å². The molecule has 0 aromatic carbocycles. The Morgan fingerprint density at radius 1 is 1.00 bits per heavy atom. The van der Waals surface area contributed by atoms with Gasteiger partial charge in [-0.3, -0.25) is 4.79 Å². The van der Waals surface area contributed by atoms with E-state index in [4.69, 9.17) is 9.94 Å². The first-order chi connectivity index (χ1) is 8.29. The molecule has 1 N–H and O–H groups in total. The molecule has 2 aliphatic heterocycles. The Balaban J connectivity index is 0.000000128. The van der Waals surface area contributed by atoms with Crippen molar-refractivity contribution < 1.29 is 14.7 Å². The van der Waals surface area contributed by atoms with E-state index in [0.717, 1.165) is 39.1 Å². The molecule has 1 aliphatic carbocycles. The van der Waals surface area contributed by atoms with Crippen LogP contribution in [0.5, 0.6) is 0 Å². The molecule has 0 amide bonds. The number of carbonyl (C=O) groups is 1. The third kappa shape index (κ3) is 7.85. The minimum absolute atomic E-state index is 0.0926. The summed E-state index contributed by atoms with van der Waals surface area (Å²) in [7, 11) is 0. The van der Waals surface area contributed by atoms with E-state index in [0.29, 0.717) is 0 Å². The lowest BCUT2D eigenvalue weighted by Gasteiger charge is -1.99. The molecule has 0 aromatic rings. The van der Waals surface area contributed by atoms with Crippen molar-refractivity contribution >= 4 is 5.78 Å². The quantitative estimate of drug-likeness (QED) is 0.702. The molecule has 3 rings (SSSR count). The Bertz CT molecular complexity index is 242. The van der Waals surface area contributed by atoms with Crippen LogP contribution in [0.3, 0.4) is 0 Å². The molecule has 4 heteroatoms. The van der Waals surface area contributed by atoms with Gasteiger partial charge >= 0.3 is 0 Å². The van der Waals surface area contributed by atoms with E-state index in [1.807, 2.05) is 0 Å². The van der Waals surface area contributed by atoms with Gasteiger partial charge in [-0.2, -0.15) is 5.06 Å². The first kappa shape index (κ1) is 14.1. The summed E-state index contributed by atoms with van der Waals surface area (Å²) < 4.78 is 4.94. The number of carbonyl (C=O) groups excluding carboxylic acids is 1. The number of hydrogen-bond acceptors (Lipinski definition) is 4. The van der Waals surface area contributed by atoms with Crippen LogP contribution in [0.25, 0.3) is 0 Å². The summed E-state index contributed by atoms with van der Waals surface area (Å²) in [6, 6.07) is 0. The maximum Gasteiger partial charge on any atom is 0.178 e. The van der Waals surface area contributed by atoms with Crippen molar-refractivity contribution in [1.82, 2.24) is 5.06 Å². The van der Waals surface area contributed by atoms with E-state index in [1.54, 1.807) is 12.2 Å². The average Bonchev–Trinajstić information content (AvgIpc) is 2.99. The predicted octanol–water partition coefficient (Wildman–Crippen LogP) is 1.95. The van der Waals surface area contributed by atoms with Crippen LogP contribution in [-0.2, 0) is 9.53 Å². The molecule has 0 aromatic heterocycles. The second kappa shape index (κ2) is 9.10. The van der Waals surface area contributed by atoms with Crippen LogP contribution >= 0.6 is 0 Å². The number of ketones is 1. The summed E-state index contributed by atoms with van der Waals surface area (Å²) in [5.41, 5.74) is 0. The van der Waals surface area contributed by atoms with E-state index < -0.39 is 0 Å². The van der Waals surface area contributed by atoms with Crippen LogP contribution in [0.1, 0.15) is 25.7 Å². The molecule has 0 bridgehead atoms. The molecule has 0 spiro atoms. The largest absolute Gasteiger partial charge is 0.381 e. The van der Waals surface area contributed by atoms with Crippen LogP contribution in [0, 0.1) is 0 Å². The monoisotopic (exact) mass is 239 g/mol. The maximum absolute atomic E-state index is 10.1. The van der Waals surface area contributed by atoms with Crippen LogP contribution in [0.15, 0.2) is 24.3 Å². The first-order valence-corrected chi connectivity index (χ1v) is 6.19. The maximum atomic E-state index is 10.1. The fraction of sp³-hybridized carbons (Fsp3) is 0.615. The van der Waals surface area contributed by atoms with Crippen molar-refractivity contribution in [2.24, 2.45) is 0 Å². The molecule has 0 unspecified atom stereocenters. The van der Waals surface area contributed by atoms with Crippen molar-refractivity contribution in [3.8, 4) is 0 Å². The third-order valence-electron chi connectivity index (χ3n) is 2.54. The summed E-state index contributed by atoms with van der Waals surface area (Å²) >= 11 is 0. The van der Waals surface area contributed by atoms with Gasteiger partial charge < -0.3 is 9.94 Å². The van der Waals surface area contributed by atoms with E-state index in [9.17, 15) is 4.79 Å². The highest BCUT2D eigenvalue weighted by molar-refractivity contribution is 6.01. The molecule has 3 aliphatic rings. The molecule has 2 saturated heterocycles. The lowest BCUT2D eigenvalue weighted by Crippen LogP contribution is -2.11. The van der Waals surface area contributed by atoms with Crippen molar-refractivity contribution in [3.05, 3.63) is 24.3 Å². The zero-order valence-corrected chi connectivity index (χ0v) is 10.2. The first-order valence-electron chi connectivity index (χ1n) is 6.19. The summed E-state index contributed by atoms with van der Waals surface area (Å²) in [5, 5.41) is 9.92. The van der Waals surface area contributed by atoms with Crippen molar-refractivity contribution in [3.63, 3.8) is 0 Å². The molecule has 4 nitrogen and oxygen atoms in total. The van der Waals surface area contributed by atoms with Gasteiger partial charge in [0, 0.05) is 26.3 Å². The Hall–Kier alpha value is -0.970. The second-order valence-electron chi connectivity index (χ2n) is 4.10. The van der Waals surface area contributed by atoms with Crippen LogP contribution < -0.4 is 0 Å². The molecule has 96 valence electrons. The fourth-order valence-corrected chi connectivity index (χ4v) is 1.57. The number of hydroxylamine groups is 2. The lowest BCUT2D eigenvalue weighted by atomic mass is 10.4. The van der Waals surface area contributed by atoms with E-state index in [-0.39, 0.29) is 5.78 Å². The second-order valence-corrected chi connectivity index (χ2v) is 4.10. The van der Waals surface area contributed by atoms with Gasteiger partial charge in [0.25, 0.3) is 0 Å². The summed E-state index contributed by atoms with van der Waals surface area (Å²) in [5.74, 6) is 0.0926. The summed E-state index contributed by atoms with van der Waals surface area (Å²) in [6.45, 7) is 3.75. The normalized spacial score (nSPS) is 22.1. The Morgan fingerprint density at radius 2 is 1.53 bits per heavy atom. The smallest absolute Gasteiger partial charge is 0.178 e. The minimum atomic E-state index is 0.0926. The molecule has 2 heterocycles. The minimum Gasteiger partial charge on any atom is -0.381 e. The topological polar surface area (TPSA) is 49.8 Å². The number of allylic oxidation sites excluding steroid dienone is 4. The van der Waals surface area contributed by atoms with Gasteiger partial charge in [0.1, 0.15) is 0 Å². The highest BCUT2D eigenvalue weighted by Gasteiger charge is 2.05. The van der Waals surface area contributed by atoms with Gasteiger partial charge in [0.15, 0.2) is 5.78 Å².